The largest absolute Gasteiger partial charge is 0.791 e. The van der Waals surface area contributed by atoms with E-state index in [1.54, 1.807) is 97.1 Å². The topological polar surface area (TPSA) is 136 Å². The Morgan fingerprint density at radius 3 is 0.811 bits per heavy atom. The van der Waals surface area contributed by atoms with Crippen LogP contribution in [0.5, 0.6) is 0 Å². The van der Waals surface area contributed by atoms with Crippen LogP contribution in [0.2, 0.25) is 0 Å². The summed E-state index contributed by atoms with van der Waals surface area (Å²) in [5.41, 5.74) is 3.06. The summed E-state index contributed by atoms with van der Waals surface area (Å²) < 4.78 is 0. The van der Waals surface area contributed by atoms with E-state index < -0.39 is 0 Å². The summed E-state index contributed by atoms with van der Waals surface area (Å²) in [7, 11) is 0. The van der Waals surface area contributed by atoms with Gasteiger partial charge in [0.25, 0.3) is 0 Å². The molecule has 0 radical (unpaired) electrons. The fraction of sp³-hybridized carbons (Fsp3) is 0. The zero-order chi connectivity index (χ0) is 25.6. The minimum absolute atomic E-state index is 0. The van der Waals surface area contributed by atoms with Gasteiger partial charge in [-0.25, -0.2) is 0 Å². The molecule has 0 aromatic heterocycles. The summed E-state index contributed by atoms with van der Waals surface area (Å²) in [6.45, 7) is 0. The van der Waals surface area contributed by atoms with E-state index in [4.69, 9.17) is 10.4 Å². The van der Waals surface area contributed by atoms with Gasteiger partial charge in [-0.1, -0.05) is 132 Å². The first-order valence-corrected chi connectivity index (χ1v) is 10.8. The van der Waals surface area contributed by atoms with Crippen LogP contribution in [0.3, 0.4) is 0 Å². The fourth-order valence-corrected chi connectivity index (χ4v) is 3.33. The van der Waals surface area contributed by atoms with Gasteiger partial charge in [-0.2, -0.15) is 0 Å². The monoisotopic (exact) mass is 534 g/mol. The molecule has 0 spiro atoms. The van der Waals surface area contributed by atoms with Gasteiger partial charge in [0.1, 0.15) is 11.4 Å². The zero-order valence-electron chi connectivity index (χ0n) is 19.4. The number of hydrogen-bond acceptors (Lipinski definition) is 8. The average Bonchev–Trinajstić information content (AvgIpc) is 2.96. The Labute approximate surface area is 224 Å². The second-order valence-electron chi connectivity index (χ2n) is 7.24. The van der Waals surface area contributed by atoms with Gasteiger partial charge in [-0.15, -0.1) is 0 Å². The van der Waals surface area contributed by atoms with Crippen molar-refractivity contribution in [2.45, 2.75) is 0 Å². The number of oxime groups is 2. The molecule has 0 fully saturated rings. The van der Waals surface area contributed by atoms with Gasteiger partial charge in [0, 0.05) is 39.3 Å². The molecule has 2 N–H and O–H groups in total. The van der Waals surface area contributed by atoms with Crippen molar-refractivity contribution >= 4 is 22.8 Å². The van der Waals surface area contributed by atoms with E-state index in [0.29, 0.717) is 22.3 Å². The Balaban J connectivity index is 0.000000253. The van der Waals surface area contributed by atoms with Crippen molar-refractivity contribution in [1.29, 1.82) is 0 Å². The Morgan fingerprint density at radius 1 is 0.405 bits per heavy atom. The molecule has 4 aromatic rings. The predicted molar refractivity (Wildman–Crippen MR) is 142 cm³/mol. The molecule has 0 bridgehead atoms. The minimum Gasteiger partial charge on any atom is -0.791 e. The van der Waals surface area contributed by atoms with Gasteiger partial charge in [0.05, 0.1) is 11.4 Å². The first-order chi connectivity index (χ1) is 17.7. The Kier molecular flexibility index (Phi) is 11.8. The molecular formula is C28H22FeN4O4-2. The van der Waals surface area contributed by atoms with Gasteiger partial charge >= 0.3 is 0 Å². The smallest absolute Gasteiger partial charge is 0.135 e. The third-order valence-corrected chi connectivity index (χ3v) is 5.02. The maximum Gasteiger partial charge on any atom is 0.135 e. The van der Waals surface area contributed by atoms with Crippen LogP contribution in [0, 0.1) is 10.4 Å². The van der Waals surface area contributed by atoms with Crippen LogP contribution in [0.4, 0.5) is 0 Å². The molecule has 0 unspecified atom stereocenters. The molecule has 0 atom stereocenters. The molecule has 9 heteroatoms. The Morgan fingerprint density at radius 2 is 0.622 bits per heavy atom. The van der Waals surface area contributed by atoms with Crippen LogP contribution >= 0.6 is 0 Å². The molecule has 0 saturated heterocycles. The van der Waals surface area contributed by atoms with Crippen LogP contribution in [-0.4, -0.2) is 33.3 Å². The van der Waals surface area contributed by atoms with Crippen LogP contribution in [0.1, 0.15) is 22.3 Å². The summed E-state index contributed by atoms with van der Waals surface area (Å²) in [6.07, 6.45) is 0. The van der Waals surface area contributed by atoms with E-state index in [2.05, 4.69) is 20.6 Å². The molecule has 37 heavy (non-hydrogen) atoms. The quantitative estimate of drug-likeness (QED) is 0.142. The Hall–Kier alpha value is -4.72. The molecule has 0 aliphatic heterocycles. The molecule has 4 aromatic carbocycles. The van der Waals surface area contributed by atoms with Gasteiger partial charge in [0.15, 0.2) is 0 Å². The van der Waals surface area contributed by atoms with E-state index in [-0.39, 0.29) is 39.9 Å². The third-order valence-electron chi connectivity index (χ3n) is 5.02. The molecule has 188 valence electrons. The number of rotatable bonds is 6. The number of benzene rings is 4. The molecule has 0 heterocycles. The van der Waals surface area contributed by atoms with Gasteiger partial charge in [0.2, 0.25) is 0 Å². The normalized spacial score (nSPS) is 12.1. The van der Waals surface area contributed by atoms with Crippen molar-refractivity contribution in [1.82, 2.24) is 0 Å². The third kappa shape index (κ3) is 7.63. The number of nitrogens with zero attached hydrogens (tertiary/aromatic N) is 4. The van der Waals surface area contributed by atoms with Gasteiger partial charge in [-0.3, -0.25) is 0 Å². The van der Waals surface area contributed by atoms with E-state index in [0.717, 1.165) is 0 Å². The van der Waals surface area contributed by atoms with Gasteiger partial charge in [-0.05, 0) is 0 Å². The van der Waals surface area contributed by atoms with Gasteiger partial charge < -0.3 is 31.1 Å². The zero-order valence-corrected chi connectivity index (χ0v) is 20.5. The second kappa shape index (κ2) is 15.3. The standard InChI is InChI=1S/2C14H12N2O2.Fe/c2*17-15-13(11-7-3-1-4-8-11)14(16-18)12-9-5-2-6-10-12;/h2*1-10,17-18H;/p-2/b15-13+,16-14?;15-13-,16-14+;. The van der Waals surface area contributed by atoms with E-state index in [9.17, 15) is 10.4 Å². The van der Waals surface area contributed by atoms with Crippen molar-refractivity contribution in [3.05, 3.63) is 154 Å². The summed E-state index contributed by atoms with van der Waals surface area (Å²) >= 11 is 0. The summed E-state index contributed by atoms with van der Waals surface area (Å²) in [6, 6.07) is 35.7. The van der Waals surface area contributed by atoms with E-state index in [1.807, 2.05) is 24.3 Å². The molecule has 0 amide bonds. The molecular weight excluding hydrogens is 512 g/mol. The number of hydrogen-bond donors (Lipinski definition) is 2. The van der Waals surface area contributed by atoms with Crippen LogP contribution in [0.15, 0.2) is 142 Å². The van der Waals surface area contributed by atoms with Crippen molar-refractivity contribution in [2.75, 3.05) is 0 Å². The molecule has 0 aliphatic rings. The summed E-state index contributed by atoms with van der Waals surface area (Å²) in [5, 5.41) is 52.6. The molecule has 0 aliphatic carbocycles. The van der Waals surface area contributed by atoms with Crippen molar-refractivity contribution < 1.29 is 27.5 Å². The fourth-order valence-electron chi connectivity index (χ4n) is 3.33. The van der Waals surface area contributed by atoms with Crippen LogP contribution in [0.25, 0.3) is 0 Å². The maximum absolute atomic E-state index is 11.0. The molecule has 4 rings (SSSR count). The Bertz CT molecular complexity index is 1130. The molecule has 8 nitrogen and oxygen atoms in total. The maximum atomic E-state index is 11.0. The average molecular weight is 534 g/mol. The summed E-state index contributed by atoms with van der Waals surface area (Å²) in [5.74, 6) is 0. The second-order valence-corrected chi connectivity index (χ2v) is 7.24. The van der Waals surface area contributed by atoms with Crippen LogP contribution in [-0.2, 0) is 17.1 Å². The minimum atomic E-state index is 0. The van der Waals surface area contributed by atoms with Crippen molar-refractivity contribution in [3.8, 4) is 0 Å². The van der Waals surface area contributed by atoms with Crippen molar-refractivity contribution in [2.24, 2.45) is 20.6 Å². The summed E-state index contributed by atoms with van der Waals surface area (Å²) in [4.78, 5) is 0. The molecule has 0 saturated carbocycles. The first-order valence-electron chi connectivity index (χ1n) is 10.8. The SMILES string of the molecule is [Fe].[O-]/N=C(\C(=N\O)c1ccccc1)c1ccccc1.[O-]N=C(/C(=N/O)c1ccccc1)c1ccccc1. The van der Waals surface area contributed by atoms with Crippen LogP contribution < -0.4 is 0 Å². The van der Waals surface area contributed by atoms with E-state index >= 15 is 0 Å². The predicted octanol–water partition coefficient (Wildman–Crippen LogP) is 5.70. The van der Waals surface area contributed by atoms with E-state index in [1.165, 1.54) is 0 Å². The first kappa shape index (κ1) is 28.5. The van der Waals surface area contributed by atoms with Crippen molar-refractivity contribution in [3.63, 3.8) is 0 Å².